The molecule has 2 aromatic carbocycles. The molecular formula is C23H23NO5. The van der Waals surface area contributed by atoms with E-state index < -0.39 is 18.0 Å². The normalized spacial score (nSPS) is 13.9. The minimum absolute atomic E-state index is 0.151. The molecule has 1 unspecified atom stereocenters. The molecule has 1 atom stereocenters. The van der Waals surface area contributed by atoms with Crippen LogP contribution < -0.4 is 5.32 Å². The first-order valence-corrected chi connectivity index (χ1v) is 9.40. The summed E-state index contributed by atoms with van der Waals surface area (Å²) in [4.78, 5) is 50.3. The zero-order valence-corrected chi connectivity index (χ0v) is 16.9. The number of carbonyl (C=O) groups excluding carboxylic acids is 4. The third-order valence-electron chi connectivity index (χ3n) is 4.56. The van der Waals surface area contributed by atoms with Crippen molar-refractivity contribution in [2.45, 2.75) is 40.2 Å². The van der Waals surface area contributed by atoms with Crippen LogP contribution in [-0.2, 0) is 14.3 Å². The van der Waals surface area contributed by atoms with Crippen LogP contribution in [0.1, 0.15) is 66.0 Å². The highest BCUT2D eigenvalue weighted by Crippen LogP contribution is 2.32. The van der Waals surface area contributed by atoms with Crippen LogP contribution in [0.3, 0.4) is 0 Å². The van der Waals surface area contributed by atoms with Crippen molar-refractivity contribution >= 4 is 29.1 Å². The number of ketones is 2. The third kappa shape index (κ3) is 4.26. The maximum atomic E-state index is 13.0. The number of benzene rings is 2. The lowest BCUT2D eigenvalue weighted by molar-refractivity contribution is -0.154. The van der Waals surface area contributed by atoms with Crippen LogP contribution >= 0.6 is 0 Å². The number of esters is 1. The fraction of sp³-hybridized carbons (Fsp3) is 0.304. The Hall–Kier alpha value is -3.28. The van der Waals surface area contributed by atoms with Crippen molar-refractivity contribution in [3.63, 3.8) is 0 Å². The Labute approximate surface area is 169 Å². The predicted octanol–water partition coefficient (Wildman–Crippen LogP) is 3.77. The first kappa shape index (κ1) is 20.5. The molecule has 0 radical (unpaired) electrons. The van der Waals surface area contributed by atoms with Gasteiger partial charge in [-0.25, -0.2) is 0 Å². The Bertz CT molecular complexity index is 1020. The van der Waals surface area contributed by atoms with Crippen molar-refractivity contribution in [2.75, 3.05) is 5.32 Å². The van der Waals surface area contributed by atoms with E-state index in [-0.39, 0.29) is 40.2 Å². The summed E-state index contributed by atoms with van der Waals surface area (Å²) in [6.07, 6.45) is -0.864. The molecule has 0 spiro atoms. The van der Waals surface area contributed by atoms with Gasteiger partial charge in [0.25, 0.3) is 5.91 Å². The van der Waals surface area contributed by atoms with E-state index in [9.17, 15) is 19.2 Å². The molecule has 0 saturated carbocycles. The SMILES string of the molecule is CC(OC(=O)CC(C)(C)C)C(=O)Nc1cccc2c1C(=O)c1ccccc1C2=O. The molecule has 6 heteroatoms. The van der Waals surface area contributed by atoms with E-state index >= 15 is 0 Å². The Morgan fingerprint density at radius 3 is 2.14 bits per heavy atom. The number of amides is 1. The van der Waals surface area contributed by atoms with Crippen molar-refractivity contribution in [1.82, 2.24) is 0 Å². The van der Waals surface area contributed by atoms with E-state index in [1.807, 2.05) is 20.8 Å². The highest BCUT2D eigenvalue weighted by Gasteiger charge is 2.32. The van der Waals surface area contributed by atoms with Crippen molar-refractivity contribution in [1.29, 1.82) is 0 Å². The number of anilines is 1. The van der Waals surface area contributed by atoms with Gasteiger partial charge < -0.3 is 10.1 Å². The Kier molecular flexibility index (Phi) is 5.38. The third-order valence-corrected chi connectivity index (χ3v) is 4.56. The van der Waals surface area contributed by atoms with Crippen LogP contribution in [0.15, 0.2) is 42.5 Å². The van der Waals surface area contributed by atoms with E-state index in [1.165, 1.54) is 6.92 Å². The fourth-order valence-electron chi connectivity index (χ4n) is 3.21. The van der Waals surface area contributed by atoms with Gasteiger partial charge in [-0.3, -0.25) is 19.2 Å². The van der Waals surface area contributed by atoms with Crippen LogP contribution in [0.5, 0.6) is 0 Å². The minimum atomic E-state index is -1.04. The first-order chi connectivity index (χ1) is 13.6. The van der Waals surface area contributed by atoms with Crippen LogP contribution in [-0.4, -0.2) is 29.5 Å². The summed E-state index contributed by atoms with van der Waals surface area (Å²) in [6.45, 7) is 7.16. The molecule has 0 heterocycles. The number of fused-ring (bicyclic) bond motifs is 2. The van der Waals surface area contributed by atoms with Crippen molar-refractivity contribution < 1.29 is 23.9 Å². The van der Waals surface area contributed by atoms with E-state index in [1.54, 1.807) is 42.5 Å². The smallest absolute Gasteiger partial charge is 0.307 e. The molecule has 2 aromatic rings. The molecule has 1 aliphatic carbocycles. The van der Waals surface area contributed by atoms with Gasteiger partial charge in [0.1, 0.15) is 0 Å². The van der Waals surface area contributed by atoms with E-state index in [0.29, 0.717) is 11.1 Å². The van der Waals surface area contributed by atoms with Gasteiger partial charge in [0.05, 0.1) is 17.7 Å². The van der Waals surface area contributed by atoms with Crippen molar-refractivity contribution in [3.8, 4) is 0 Å². The maximum Gasteiger partial charge on any atom is 0.307 e. The lowest BCUT2D eigenvalue weighted by Gasteiger charge is -2.22. The van der Waals surface area contributed by atoms with E-state index in [4.69, 9.17) is 4.74 Å². The van der Waals surface area contributed by atoms with Crippen LogP contribution in [0, 0.1) is 5.41 Å². The number of rotatable bonds is 4. The average Bonchev–Trinajstić information content (AvgIpc) is 2.64. The highest BCUT2D eigenvalue weighted by atomic mass is 16.5. The predicted molar refractivity (Wildman–Crippen MR) is 108 cm³/mol. The largest absolute Gasteiger partial charge is 0.453 e. The summed E-state index contributed by atoms with van der Waals surface area (Å²) in [5.41, 5.74) is 1.00. The molecule has 29 heavy (non-hydrogen) atoms. The molecule has 1 aliphatic rings. The summed E-state index contributed by atoms with van der Waals surface area (Å²) in [5, 5.41) is 2.63. The Morgan fingerprint density at radius 1 is 0.931 bits per heavy atom. The van der Waals surface area contributed by atoms with Gasteiger partial charge in [-0.05, 0) is 18.4 Å². The molecule has 0 bridgehead atoms. The van der Waals surface area contributed by atoms with Gasteiger partial charge in [-0.2, -0.15) is 0 Å². The van der Waals surface area contributed by atoms with Gasteiger partial charge in [-0.1, -0.05) is 57.2 Å². The summed E-state index contributed by atoms with van der Waals surface area (Å²) >= 11 is 0. The molecular weight excluding hydrogens is 370 g/mol. The molecule has 150 valence electrons. The molecule has 1 amide bonds. The minimum Gasteiger partial charge on any atom is -0.453 e. The second-order valence-corrected chi connectivity index (χ2v) is 8.29. The van der Waals surface area contributed by atoms with Crippen molar-refractivity contribution in [2.24, 2.45) is 5.41 Å². The lowest BCUT2D eigenvalue weighted by Crippen LogP contribution is -2.32. The van der Waals surface area contributed by atoms with Crippen molar-refractivity contribution in [3.05, 3.63) is 64.7 Å². The second-order valence-electron chi connectivity index (χ2n) is 8.29. The zero-order valence-electron chi connectivity index (χ0n) is 16.9. The standard InChI is InChI=1S/C23H23NO5/c1-13(29-18(25)12-23(2,3)4)22(28)24-17-11-7-10-16-19(17)21(27)15-9-6-5-8-14(15)20(16)26/h5-11,13H,12H2,1-4H3,(H,24,28). The molecule has 1 N–H and O–H groups in total. The summed E-state index contributed by atoms with van der Waals surface area (Å²) in [7, 11) is 0. The van der Waals surface area contributed by atoms with Crippen LogP contribution in [0.4, 0.5) is 5.69 Å². The van der Waals surface area contributed by atoms with E-state index in [2.05, 4.69) is 5.32 Å². The maximum absolute atomic E-state index is 13.0. The van der Waals surface area contributed by atoms with Gasteiger partial charge in [0, 0.05) is 16.7 Å². The summed E-state index contributed by atoms with van der Waals surface area (Å²) in [5.74, 6) is -1.64. The monoisotopic (exact) mass is 393 g/mol. The summed E-state index contributed by atoms with van der Waals surface area (Å²) in [6, 6.07) is 11.3. The van der Waals surface area contributed by atoms with Crippen LogP contribution in [0.2, 0.25) is 0 Å². The number of ether oxygens (including phenoxy) is 1. The van der Waals surface area contributed by atoms with Gasteiger partial charge in [-0.15, -0.1) is 0 Å². The van der Waals surface area contributed by atoms with Gasteiger partial charge in [0.15, 0.2) is 17.7 Å². The molecule has 0 aromatic heterocycles. The average molecular weight is 393 g/mol. The van der Waals surface area contributed by atoms with Gasteiger partial charge >= 0.3 is 5.97 Å². The number of carbonyl (C=O) groups is 4. The topological polar surface area (TPSA) is 89.5 Å². The fourth-order valence-corrected chi connectivity index (χ4v) is 3.21. The molecule has 0 fully saturated rings. The van der Waals surface area contributed by atoms with E-state index in [0.717, 1.165) is 0 Å². The van der Waals surface area contributed by atoms with Gasteiger partial charge in [0.2, 0.25) is 0 Å². The molecule has 0 aliphatic heterocycles. The number of hydrogen-bond acceptors (Lipinski definition) is 5. The molecule has 3 rings (SSSR count). The quantitative estimate of drug-likeness (QED) is 0.682. The molecule has 0 saturated heterocycles. The zero-order chi connectivity index (χ0) is 21.3. The summed E-state index contributed by atoms with van der Waals surface area (Å²) < 4.78 is 5.21. The molecule has 6 nitrogen and oxygen atoms in total. The number of nitrogens with one attached hydrogen (secondary N) is 1. The second kappa shape index (κ2) is 7.62. The Morgan fingerprint density at radius 2 is 1.52 bits per heavy atom. The first-order valence-electron chi connectivity index (χ1n) is 9.40. The Balaban J connectivity index is 1.83. The number of hydrogen-bond donors (Lipinski definition) is 1. The lowest BCUT2D eigenvalue weighted by atomic mass is 9.83. The highest BCUT2D eigenvalue weighted by molar-refractivity contribution is 6.30. The van der Waals surface area contributed by atoms with Crippen LogP contribution in [0.25, 0.3) is 0 Å².